The van der Waals surface area contributed by atoms with E-state index < -0.39 is 6.17 Å². The number of halogens is 1. The van der Waals surface area contributed by atoms with Crippen LogP contribution in [0, 0.1) is 12.7 Å². The van der Waals surface area contributed by atoms with E-state index in [9.17, 15) is 9.18 Å². The van der Waals surface area contributed by atoms with Crippen LogP contribution in [0.1, 0.15) is 48.5 Å². The maximum Gasteiger partial charge on any atom is 0.256 e. The van der Waals surface area contributed by atoms with E-state index in [0.717, 1.165) is 57.4 Å². The Bertz CT molecular complexity index is 937. The molecule has 2 fully saturated rings. The van der Waals surface area contributed by atoms with Crippen molar-refractivity contribution in [3.8, 4) is 0 Å². The van der Waals surface area contributed by atoms with Gasteiger partial charge in [-0.25, -0.2) is 9.37 Å². The van der Waals surface area contributed by atoms with Gasteiger partial charge in [0.05, 0.1) is 17.2 Å². The standard InChI is InChI=1S/C23H32FN5O2/c1-14-20(24)4-3-16-13-19(23(30)26-15(2)25)22(28-21(14)16)29-9-5-17(6-10-29)27-18-7-11-31-12-8-18/h3-4,13,15,17-18,27H,5-12,25H2,1-2H3,(H,26,30). The molecule has 8 heteroatoms. The predicted molar refractivity (Wildman–Crippen MR) is 120 cm³/mol. The number of hydrogen-bond donors (Lipinski definition) is 3. The molecule has 3 heterocycles. The molecule has 7 nitrogen and oxygen atoms in total. The number of aromatic nitrogens is 1. The highest BCUT2D eigenvalue weighted by Crippen LogP contribution is 2.29. The minimum atomic E-state index is -0.472. The zero-order chi connectivity index (χ0) is 22.0. The summed E-state index contributed by atoms with van der Waals surface area (Å²) >= 11 is 0. The number of rotatable bonds is 5. The number of hydrogen-bond acceptors (Lipinski definition) is 6. The van der Waals surface area contributed by atoms with E-state index in [1.54, 1.807) is 26.0 Å². The van der Waals surface area contributed by atoms with Crippen molar-refractivity contribution < 1.29 is 13.9 Å². The van der Waals surface area contributed by atoms with Crippen molar-refractivity contribution in [1.82, 2.24) is 15.6 Å². The van der Waals surface area contributed by atoms with E-state index in [0.29, 0.717) is 34.5 Å². The van der Waals surface area contributed by atoms with Crippen molar-refractivity contribution in [1.29, 1.82) is 0 Å². The number of nitrogens with two attached hydrogens (primary N) is 1. The molecule has 2 aliphatic heterocycles. The fourth-order valence-corrected chi connectivity index (χ4v) is 4.50. The van der Waals surface area contributed by atoms with E-state index in [1.807, 2.05) is 0 Å². The molecule has 168 valence electrons. The topological polar surface area (TPSA) is 92.5 Å². The average molecular weight is 430 g/mol. The number of carbonyl (C=O) groups excluding carboxylic acids is 1. The number of amides is 1. The molecular weight excluding hydrogens is 397 g/mol. The number of anilines is 1. The summed E-state index contributed by atoms with van der Waals surface area (Å²) in [6.07, 6.45) is 3.57. The Morgan fingerprint density at radius 1 is 1.23 bits per heavy atom. The summed E-state index contributed by atoms with van der Waals surface area (Å²) in [7, 11) is 0. The normalized spacial score (nSPS) is 19.5. The van der Waals surface area contributed by atoms with Gasteiger partial charge in [0.2, 0.25) is 0 Å². The third-order valence-corrected chi connectivity index (χ3v) is 6.25. The average Bonchev–Trinajstić information content (AvgIpc) is 2.76. The molecule has 0 bridgehead atoms. The van der Waals surface area contributed by atoms with Crippen LogP contribution < -0.4 is 21.3 Å². The van der Waals surface area contributed by atoms with E-state index >= 15 is 0 Å². The summed E-state index contributed by atoms with van der Waals surface area (Å²) in [5.74, 6) is 0.0470. The molecule has 1 amide bonds. The van der Waals surface area contributed by atoms with Gasteiger partial charge in [0.15, 0.2) is 0 Å². The van der Waals surface area contributed by atoms with Gasteiger partial charge in [-0.3, -0.25) is 4.79 Å². The number of aryl methyl sites for hydroxylation is 1. The molecule has 4 rings (SSSR count). The van der Waals surface area contributed by atoms with E-state index in [4.69, 9.17) is 15.5 Å². The Labute approximate surface area is 182 Å². The van der Waals surface area contributed by atoms with Crippen molar-refractivity contribution >= 4 is 22.6 Å². The largest absolute Gasteiger partial charge is 0.381 e. The van der Waals surface area contributed by atoms with Gasteiger partial charge in [0, 0.05) is 49.3 Å². The Kier molecular flexibility index (Phi) is 6.69. The van der Waals surface area contributed by atoms with Gasteiger partial charge in [-0.2, -0.15) is 0 Å². The van der Waals surface area contributed by atoms with Crippen molar-refractivity contribution in [2.24, 2.45) is 5.73 Å². The molecule has 1 aromatic carbocycles. The maximum atomic E-state index is 14.2. The van der Waals surface area contributed by atoms with Gasteiger partial charge in [0.1, 0.15) is 11.6 Å². The van der Waals surface area contributed by atoms with Crippen molar-refractivity contribution in [2.45, 2.75) is 57.8 Å². The Morgan fingerprint density at radius 3 is 2.58 bits per heavy atom. The fourth-order valence-electron chi connectivity index (χ4n) is 4.50. The molecule has 4 N–H and O–H groups in total. The van der Waals surface area contributed by atoms with Gasteiger partial charge in [-0.1, -0.05) is 0 Å². The van der Waals surface area contributed by atoms with Gasteiger partial charge in [-0.15, -0.1) is 0 Å². The third-order valence-electron chi connectivity index (χ3n) is 6.25. The third kappa shape index (κ3) is 4.97. The van der Waals surface area contributed by atoms with Crippen LogP contribution in [0.4, 0.5) is 10.2 Å². The zero-order valence-corrected chi connectivity index (χ0v) is 18.3. The first-order valence-corrected chi connectivity index (χ1v) is 11.2. The minimum Gasteiger partial charge on any atom is -0.381 e. The Balaban J connectivity index is 1.57. The van der Waals surface area contributed by atoms with Gasteiger partial charge in [0.25, 0.3) is 5.91 Å². The van der Waals surface area contributed by atoms with Gasteiger partial charge < -0.3 is 26.0 Å². The molecule has 2 aromatic rings. The van der Waals surface area contributed by atoms with Crippen LogP contribution in [0.3, 0.4) is 0 Å². The fraction of sp³-hybridized carbons (Fsp3) is 0.565. The maximum absolute atomic E-state index is 14.2. The second-order valence-corrected chi connectivity index (χ2v) is 8.68. The van der Waals surface area contributed by atoms with Crippen molar-refractivity contribution in [3.05, 3.63) is 35.1 Å². The number of nitrogens with zero attached hydrogens (tertiary/aromatic N) is 2. The van der Waals surface area contributed by atoms with Gasteiger partial charge >= 0.3 is 0 Å². The highest BCUT2D eigenvalue weighted by Gasteiger charge is 2.27. The smallest absolute Gasteiger partial charge is 0.256 e. The summed E-state index contributed by atoms with van der Waals surface area (Å²) in [5, 5.41) is 7.28. The molecule has 2 aliphatic rings. The SMILES string of the molecule is Cc1c(F)ccc2cc(C(=O)NC(C)N)c(N3CCC(NC4CCOCC4)CC3)nc12. The molecule has 1 aromatic heterocycles. The second-order valence-electron chi connectivity index (χ2n) is 8.68. The quantitative estimate of drug-likeness (QED) is 0.633. The lowest BCUT2D eigenvalue weighted by Crippen LogP contribution is -2.48. The van der Waals surface area contributed by atoms with Crippen LogP contribution >= 0.6 is 0 Å². The van der Waals surface area contributed by atoms with Crippen LogP contribution in [0.2, 0.25) is 0 Å². The summed E-state index contributed by atoms with van der Waals surface area (Å²) < 4.78 is 19.6. The highest BCUT2D eigenvalue weighted by atomic mass is 19.1. The summed E-state index contributed by atoms with van der Waals surface area (Å²) in [6.45, 7) is 6.66. The first-order valence-electron chi connectivity index (χ1n) is 11.2. The number of fused-ring (bicyclic) bond motifs is 1. The van der Waals surface area contributed by atoms with Crippen LogP contribution in [0.15, 0.2) is 18.2 Å². The predicted octanol–water partition coefficient (Wildman–Crippen LogP) is 2.45. The number of carbonyl (C=O) groups is 1. The minimum absolute atomic E-state index is 0.260. The van der Waals surface area contributed by atoms with Crippen LogP contribution in [-0.2, 0) is 4.74 Å². The number of benzene rings is 1. The molecule has 0 spiro atoms. The molecule has 0 saturated carbocycles. The molecule has 0 radical (unpaired) electrons. The number of piperidine rings is 1. The number of nitrogens with one attached hydrogen (secondary N) is 2. The monoisotopic (exact) mass is 429 g/mol. The Morgan fingerprint density at radius 2 is 1.90 bits per heavy atom. The van der Waals surface area contributed by atoms with Crippen molar-refractivity contribution in [3.63, 3.8) is 0 Å². The first kappa shape index (κ1) is 21.9. The van der Waals surface area contributed by atoms with E-state index in [-0.39, 0.29) is 11.7 Å². The lowest BCUT2D eigenvalue weighted by Gasteiger charge is -2.36. The number of ether oxygens (including phenoxy) is 1. The number of pyridine rings is 1. The Hall–Kier alpha value is -2.29. The zero-order valence-electron chi connectivity index (χ0n) is 18.3. The summed E-state index contributed by atoms with van der Waals surface area (Å²) in [5.41, 5.74) is 7.36. The van der Waals surface area contributed by atoms with Crippen LogP contribution in [0.5, 0.6) is 0 Å². The molecule has 1 atom stereocenters. The molecule has 31 heavy (non-hydrogen) atoms. The molecule has 1 unspecified atom stereocenters. The first-order chi connectivity index (χ1) is 14.9. The summed E-state index contributed by atoms with van der Waals surface area (Å²) in [6, 6.07) is 5.84. The van der Waals surface area contributed by atoms with Crippen molar-refractivity contribution in [2.75, 3.05) is 31.2 Å². The summed E-state index contributed by atoms with van der Waals surface area (Å²) in [4.78, 5) is 19.8. The van der Waals surface area contributed by atoms with Crippen LogP contribution in [-0.4, -0.2) is 55.4 Å². The molecule has 0 aliphatic carbocycles. The van der Waals surface area contributed by atoms with Gasteiger partial charge in [-0.05, 0) is 57.7 Å². The molecule has 2 saturated heterocycles. The lowest BCUT2D eigenvalue weighted by molar-refractivity contribution is 0.0738. The highest BCUT2D eigenvalue weighted by molar-refractivity contribution is 6.03. The lowest BCUT2D eigenvalue weighted by atomic mass is 10.00. The second kappa shape index (κ2) is 9.46. The van der Waals surface area contributed by atoms with E-state index in [1.165, 1.54) is 6.07 Å². The molecular formula is C23H32FN5O2. The van der Waals surface area contributed by atoms with E-state index in [2.05, 4.69) is 15.5 Å². The van der Waals surface area contributed by atoms with Crippen LogP contribution in [0.25, 0.3) is 10.9 Å².